The lowest BCUT2D eigenvalue weighted by atomic mass is 9.90. The molecule has 2 aliphatic rings. The van der Waals surface area contributed by atoms with Gasteiger partial charge in [0.1, 0.15) is 5.82 Å². The zero-order chi connectivity index (χ0) is 13.9. The average Bonchev–Trinajstić information content (AvgIpc) is 2.80. The predicted molar refractivity (Wildman–Crippen MR) is 76.8 cm³/mol. The number of aryl methyl sites for hydroxylation is 1. The van der Waals surface area contributed by atoms with Crippen molar-refractivity contribution in [1.82, 2.24) is 9.97 Å². The van der Waals surface area contributed by atoms with Gasteiger partial charge in [0.15, 0.2) is 0 Å². The molecule has 0 aliphatic heterocycles. The van der Waals surface area contributed by atoms with E-state index < -0.39 is 5.97 Å². The molecule has 2 aliphatic carbocycles. The van der Waals surface area contributed by atoms with Crippen molar-refractivity contribution in [3.05, 3.63) is 17.2 Å². The van der Waals surface area contributed by atoms with Crippen LogP contribution in [0.5, 0.6) is 0 Å². The molecule has 0 amide bonds. The summed E-state index contributed by atoms with van der Waals surface area (Å²) < 4.78 is 0. The second-order valence-electron chi connectivity index (χ2n) is 6.37. The zero-order valence-corrected chi connectivity index (χ0v) is 12.0. The Labute approximate surface area is 120 Å². The number of imidazole rings is 1. The third-order valence-corrected chi connectivity index (χ3v) is 4.90. The highest BCUT2D eigenvalue weighted by Gasteiger charge is 2.28. The summed E-state index contributed by atoms with van der Waals surface area (Å²) in [4.78, 5) is 19.4. The van der Waals surface area contributed by atoms with E-state index in [2.05, 4.69) is 4.98 Å². The summed E-state index contributed by atoms with van der Waals surface area (Å²) in [7, 11) is 0. The van der Waals surface area contributed by atoms with Crippen LogP contribution in [0.4, 0.5) is 0 Å². The molecule has 1 heterocycles. The summed E-state index contributed by atoms with van der Waals surface area (Å²) in [6, 6.07) is 0. The maximum Gasteiger partial charge on any atom is 0.306 e. The fourth-order valence-electron chi connectivity index (χ4n) is 3.64. The van der Waals surface area contributed by atoms with Gasteiger partial charge in [-0.3, -0.25) is 4.79 Å². The number of carbonyl (C=O) groups is 1. The first-order chi connectivity index (χ1) is 9.74. The van der Waals surface area contributed by atoms with Gasteiger partial charge in [0, 0.05) is 18.0 Å². The van der Waals surface area contributed by atoms with Gasteiger partial charge in [-0.1, -0.05) is 32.1 Å². The van der Waals surface area contributed by atoms with Gasteiger partial charge in [-0.25, -0.2) is 4.98 Å². The van der Waals surface area contributed by atoms with Crippen molar-refractivity contribution in [3.8, 4) is 0 Å². The summed E-state index contributed by atoms with van der Waals surface area (Å²) in [5, 5.41) is 9.15. The predicted octanol–water partition coefficient (Wildman–Crippen LogP) is 3.43. The van der Waals surface area contributed by atoms with E-state index in [0.717, 1.165) is 30.1 Å². The Balaban J connectivity index is 1.73. The molecule has 0 spiro atoms. The molecule has 0 aromatic carbocycles. The van der Waals surface area contributed by atoms with Gasteiger partial charge < -0.3 is 10.1 Å². The topological polar surface area (TPSA) is 66.0 Å². The number of fused-ring (bicyclic) bond motifs is 1. The number of hydrogen-bond donors (Lipinski definition) is 2. The maximum absolute atomic E-state index is 11.1. The van der Waals surface area contributed by atoms with Gasteiger partial charge in [0.2, 0.25) is 0 Å². The summed E-state index contributed by atoms with van der Waals surface area (Å²) in [5.74, 6) is 0.790. The first kappa shape index (κ1) is 13.7. The van der Waals surface area contributed by atoms with Crippen LogP contribution in [-0.2, 0) is 17.6 Å². The number of nitrogens with zero attached hydrogens (tertiary/aromatic N) is 1. The minimum atomic E-state index is -0.669. The van der Waals surface area contributed by atoms with Crippen molar-refractivity contribution in [2.24, 2.45) is 5.92 Å². The van der Waals surface area contributed by atoms with Crippen LogP contribution < -0.4 is 0 Å². The number of carboxylic acids is 1. The Kier molecular flexibility index (Phi) is 4.08. The molecule has 0 radical (unpaired) electrons. The third-order valence-electron chi connectivity index (χ3n) is 4.90. The number of aromatic nitrogens is 2. The second kappa shape index (κ2) is 5.98. The van der Waals surface area contributed by atoms with Crippen LogP contribution in [0, 0.1) is 5.92 Å². The minimum Gasteiger partial charge on any atom is -0.481 e. The lowest BCUT2D eigenvalue weighted by Crippen LogP contribution is -2.22. The van der Waals surface area contributed by atoms with Gasteiger partial charge in [-0.15, -0.1) is 0 Å². The molecule has 2 N–H and O–H groups in total. The smallest absolute Gasteiger partial charge is 0.306 e. The molecular weight excluding hydrogens is 252 g/mol. The zero-order valence-electron chi connectivity index (χ0n) is 12.0. The highest BCUT2D eigenvalue weighted by molar-refractivity contribution is 5.70. The van der Waals surface area contributed by atoms with Gasteiger partial charge in [0.05, 0.1) is 11.6 Å². The molecule has 110 valence electrons. The number of H-pyrrole nitrogens is 1. The van der Waals surface area contributed by atoms with Crippen LogP contribution in [0.15, 0.2) is 0 Å². The van der Waals surface area contributed by atoms with Crippen LogP contribution >= 0.6 is 0 Å². The molecule has 1 aromatic rings. The number of hydrogen-bond acceptors (Lipinski definition) is 2. The Hall–Kier alpha value is -1.32. The van der Waals surface area contributed by atoms with E-state index in [1.165, 1.54) is 44.9 Å². The number of rotatable bonds is 2. The normalized spacial score (nSPS) is 24.7. The van der Waals surface area contributed by atoms with E-state index in [0.29, 0.717) is 12.3 Å². The van der Waals surface area contributed by atoms with Crippen molar-refractivity contribution >= 4 is 5.97 Å². The molecule has 0 saturated heterocycles. The first-order valence-electron chi connectivity index (χ1n) is 8.04. The van der Waals surface area contributed by atoms with Gasteiger partial charge >= 0.3 is 5.97 Å². The van der Waals surface area contributed by atoms with Crippen molar-refractivity contribution in [3.63, 3.8) is 0 Å². The van der Waals surface area contributed by atoms with Crippen LogP contribution in [-0.4, -0.2) is 21.0 Å². The van der Waals surface area contributed by atoms with Crippen LogP contribution in [0.25, 0.3) is 0 Å². The summed E-state index contributed by atoms with van der Waals surface area (Å²) >= 11 is 0. The lowest BCUT2D eigenvalue weighted by Gasteiger charge is -2.17. The Morgan fingerprint density at radius 1 is 1.10 bits per heavy atom. The number of carboxylic acid groups (broad SMARTS) is 1. The fourth-order valence-corrected chi connectivity index (χ4v) is 3.64. The molecule has 1 fully saturated rings. The summed E-state index contributed by atoms with van der Waals surface area (Å²) in [5.41, 5.74) is 2.21. The maximum atomic E-state index is 11.1. The fraction of sp³-hybridized carbons (Fsp3) is 0.750. The number of nitrogens with one attached hydrogen (secondary N) is 1. The molecule has 20 heavy (non-hydrogen) atoms. The van der Waals surface area contributed by atoms with E-state index in [1.54, 1.807) is 0 Å². The summed E-state index contributed by atoms with van der Waals surface area (Å²) in [6.07, 6.45) is 11.3. The van der Waals surface area contributed by atoms with Crippen molar-refractivity contribution in [2.45, 2.75) is 70.1 Å². The summed E-state index contributed by atoms with van der Waals surface area (Å²) in [6.45, 7) is 0. The van der Waals surface area contributed by atoms with E-state index in [-0.39, 0.29) is 5.92 Å². The lowest BCUT2D eigenvalue weighted by molar-refractivity contribution is -0.142. The molecule has 4 heteroatoms. The SMILES string of the molecule is O=C(O)C1CCc2nc(C3CCCCCCC3)[nH]c2C1. The molecule has 0 bridgehead atoms. The molecule has 1 unspecified atom stereocenters. The van der Waals surface area contributed by atoms with E-state index in [4.69, 9.17) is 10.1 Å². The van der Waals surface area contributed by atoms with Crippen LogP contribution in [0.1, 0.15) is 74.5 Å². The Bertz CT molecular complexity index is 473. The second-order valence-corrected chi connectivity index (χ2v) is 6.37. The van der Waals surface area contributed by atoms with E-state index >= 15 is 0 Å². The Morgan fingerprint density at radius 2 is 1.80 bits per heavy atom. The van der Waals surface area contributed by atoms with Crippen molar-refractivity contribution < 1.29 is 9.90 Å². The minimum absolute atomic E-state index is 0.229. The van der Waals surface area contributed by atoms with Crippen molar-refractivity contribution in [2.75, 3.05) is 0 Å². The molecule has 1 saturated carbocycles. The average molecular weight is 276 g/mol. The largest absolute Gasteiger partial charge is 0.481 e. The molecule has 1 aromatic heterocycles. The monoisotopic (exact) mass is 276 g/mol. The van der Waals surface area contributed by atoms with Crippen LogP contribution in [0.3, 0.4) is 0 Å². The molecule has 4 nitrogen and oxygen atoms in total. The number of aromatic amines is 1. The van der Waals surface area contributed by atoms with E-state index in [9.17, 15) is 4.79 Å². The highest BCUT2D eigenvalue weighted by Crippen LogP contribution is 2.32. The molecule has 1 atom stereocenters. The standard InChI is InChI=1S/C16H24N2O2/c19-16(20)12-8-9-13-14(10-12)18-15(17-13)11-6-4-2-1-3-5-7-11/h11-12H,1-10H2,(H,17,18)(H,19,20). The van der Waals surface area contributed by atoms with Gasteiger partial charge in [-0.2, -0.15) is 0 Å². The van der Waals surface area contributed by atoms with Gasteiger partial charge in [-0.05, 0) is 25.7 Å². The Morgan fingerprint density at radius 3 is 2.50 bits per heavy atom. The van der Waals surface area contributed by atoms with Crippen molar-refractivity contribution in [1.29, 1.82) is 0 Å². The number of aliphatic carboxylic acids is 1. The third kappa shape index (κ3) is 2.89. The quantitative estimate of drug-likeness (QED) is 0.869. The van der Waals surface area contributed by atoms with Gasteiger partial charge in [0.25, 0.3) is 0 Å². The van der Waals surface area contributed by atoms with Crippen LogP contribution in [0.2, 0.25) is 0 Å². The molecular formula is C16H24N2O2. The van der Waals surface area contributed by atoms with E-state index in [1.807, 2.05) is 0 Å². The first-order valence-corrected chi connectivity index (χ1v) is 8.04. The highest BCUT2D eigenvalue weighted by atomic mass is 16.4. The molecule has 3 rings (SSSR count).